The summed E-state index contributed by atoms with van der Waals surface area (Å²) in [4.78, 5) is 13.6. The number of carbonyl (C=O) groups excluding carboxylic acids is 1. The number of fused-ring (bicyclic) bond motifs is 1. The first-order chi connectivity index (χ1) is 7.63. The molecule has 1 aliphatic rings. The van der Waals surface area contributed by atoms with E-state index in [-0.39, 0.29) is 11.9 Å². The third-order valence-electron chi connectivity index (χ3n) is 3.12. The normalized spacial score (nSPS) is 20.1. The molecule has 1 aliphatic heterocycles. The van der Waals surface area contributed by atoms with Crippen LogP contribution in [-0.2, 0) is 11.2 Å². The summed E-state index contributed by atoms with van der Waals surface area (Å²) in [5, 5.41) is 3.44. The van der Waals surface area contributed by atoms with Crippen LogP contribution in [0.25, 0.3) is 0 Å². The maximum absolute atomic E-state index is 11.9. The Kier molecular flexibility index (Phi) is 2.86. The van der Waals surface area contributed by atoms with Crippen molar-refractivity contribution in [3.63, 3.8) is 0 Å². The number of amides is 1. The van der Waals surface area contributed by atoms with Crippen molar-refractivity contribution in [2.45, 2.75) is 32.7 Å². The lowest BCUT2D eigenvalue weighted by Gasteiger charge is -2.19. The van der Waals surface area contributed by atoms with E-state index < -0.39 is 0 Å². The van der Waals surface area contributed by atoms with E-state index in [0.717, 1.165) is 17.8 Å². The van der Waals surface area contributed by atoms with Gasteiger partial charge in [-0.15, -0.1) is 0 Å². The monoisotopic (exact) mass is 218 g/mol. The first kappa shape index (κ1) is 11.0. The molecule has 0 spiro atoms. The van der Waals surface area contributed by atoms with Crippen molar-refractivity contribution < 1.29 is 4.79 Å². The molecule has 1 heterocycles. The fourth-order valence-corrected chi connectivity index (χ4v) is 2.16. The van der Waals surface area contributed by atoms with Gasteiger partial charge in [0.2, 0.25) is 5.91 Å². The van der Waals surface area contributed by atoms with Gasteiger partial charge in [-0.1, -0.05) is 19.1 Å². The molecule has 0 aliphatic carbocycles. The minimum absolute atomic E-state index is 0.173. The molecule has 1 aromatic carbocycles. The minimum Gasteiger partial charge on any atom is -0.380 e. The van der Waals surface area contributed by atoms with Crippen molar-refractivity contribution in [3.05, 3.63) is 23.8 Å². The van der Waals surface area contributed by atoms with Gasteiger partial charge in [-0.2, -0.15) is 0 Å². The zero-order valence-corrected chi connectivity index (χ0v) is 10.1. The molecule has 0 aromatic heterocycles. The quantitative estimate of drug-likeness (QED) is 0.785. The average Bonchev–Trinajstić information content (AvgIpc) is 2.37. The van der Waals surface area contributed by atoms with E-state index in [1.165, 1.54) is 5.56 Å². The van der Waals surface area contributed by atoms with Crippen molar-refractivity contribution in [2.75, 3.05) is 17.3 Å². The molecular formula is C13H18N2O. The third kappa shape index (κ3) is 1.77. The molecule has 0 radical (unpaired) electrons. The SMILES string of the molecule is CCc1cccc2c1NC(C)CC(=O)N2C. The molecule has 2 rings (SSSR count). The Balaban J connectivity index is 2.54. The molecule has 1 amide bonds. The summed E-state index contributed by atoms with van der Waals surface area (Å²) in [6, 6.07) is 6.32. The number of carbonyl (C=O) groups is 1. The summed E-state index contributed by atoms with van der Waals surface area (Å²) >= 11 is 0. The summed E-state index contributed by atoms with van der Waals surface area (Å²) in [5.41, 5.74) is 3.38. The number of hydrogen-bond acceptors (Lipinski definition) is 2. The van der Waals surface area contributed by atoms with Crippen LogP contribution in [0.2, 0.25) is 0 Å². The van der Waals surface area contributed by atoms with Gasteiger partial charge in [0.1, 0.15) is 0 Å². The number of hydrogen-bond donors (Lipinski definition) is 1. The van der Waals surface area contributed by atoms with Crippen molar-refractivity contribution >= 4 is 17.3 Å². The summed E-state index contributed by atoms with van der Waals surface area (Å²) in [7, 11) is 1.85. The highest BCUT2D eigenvalue weighted by Gasteiger charge is 2.23. The Labute approximate surface area is 96.5 Å². The highest BCUT2D eigenvalue weighted by Crippen LogP contribution is 2.33. The molecule has 1 atom stereocenters. The van der Waals surface area contributed by atoms with Crippen LogP contribution in [0.5, 0.6) is 0 Å². The van der Waals surface area contributed by atoms with Gasteiger partial charge < -0.3 is 10.2 Å². The summed E-state index contributed by atoms with van der Waals surface area (Å²) in [6.07, 6.45) is 1.53. The molecule has 86 valence electrons. The molecule has 0 saturated carbocycles. The first-order valence-corrected chi connectivity index (χ1v) is 5.78. The van der Waals surface area contributed by atoms with Crippen LogP contribution >= 0.6 is 0 Å². The second-order valence-electron chi connectivity index (χ2n) is 4.37. The third-order valence-corrected chi connectivity index (χ3v) is 3.12. The predicted octanol–water partition coefficient (Wildman–Crippen LogP) is 2.42. The zero-order chi connectivity index (χ0) is 11.7. The molecule has 0 saturated heterocycles. The second-order valence-corrected chi connectivity index (χ2v) is 4.37. The standard InChI is InChI=1S/C13H18N2O/c1-4-10-6-5-7-11-13(10)14-9(2)8-12(16)15(11)3/h5-7,9,14H,4,8H2,1-3H3. The number of nitrogens with one attached hydrogen (secondary N) is 1. The van der Waals surface area contributed by atoms with Gasteiger partial charge in [0.25, 0.3) is 0 Å². The van der Waals surface area contributed by atoms with E-state index in [1.54, 1.807) is 4.90 Å². The maximum atomic E-state index is 11.9. The van der Waals surface area contributed by atoms with Gasteiger partial charge in [0.15, 0.2) is 0 Å². The Morgan fingerprint density at radius 2 is 2.25 bits per heavy atom. The van der Waals surface area contributed by atoms with Gasteiger partial charge in [-0.3, -0.25) is 4.79 Å². The highest BCUT2D eigenvalue weighted by atomic mass is 16.2. The van der Waals surface area contributed by atoms with Crippen molar-refractivity contribution in [2.24, 2.45) is 0 Å². The summed E-state index contributed by atoms with van der Waals surface area (Å²) in [5.74, 6) is 0.173. The fraction of sp³-hybridized carbons (Fsp3) is 0.462. The molecule has 1 aromatic rings. The molecule has 16 heavy (non-hydrogen) atoms. The smallest absolute Gasteiger partial charge is 0.228 e. The number of rotatable bonds is 1. The Bertz CT molecular complexity index is 414. The topological polar surface area (TPSA) is 32.3 Å². The van der Waals surface area contributed by atoms with Crippen molar-refractivity contribution in [3.8, 4) is 0 Å². The minimum atomic E-state index is 0.173. The lowest BCUT2D eigenvalue weighted by molar-refractivity contribution is -0.118. The van der Waals surface area contributed by atoms with Crippen molar-refractivity contribution in [1.29, 1.82) is 0 Å². The van der Waals surface area contributed by atoms with E-state index in [1.807, 2.05) is 26.1 Å². The van der Waals surface area contributed by atoms with E-state index in [0.29, 0.717) is 6.42 Å². The molecule has 3 nitrogen and oxygen atoms in total. The summed E-state index contributed by atoms with van der Waals surface area (Å²) in [6.45, 7) is 4.18. The van der Waals surface area contributed by atoms with Gasteiger partial charge in [0.05, 0.1) is 11.4 Å². The van der Waals surface area contributed by atoms with Gasteiger partial charge in [-0.25, -0.2) is 0 Å². The lowest BCUT2D eigenvalue weighted by atomic mass is 10.1. The largest absolute Gasteiger partial charge is 0.380 e. The van der Waals surface area contributed by atoms with E-state index in [4.69, 9.17) is 0 Å². The van der Waals surface area contributed by atoms with Crippen LogP contribution in [0.3, 0.4) is 0 Å². The average molecular weight is 218 g/mol. The number of aryl methyl sites for hydroxylation is 1. The van der Waals surface area contributed by atoms with Crippen LogP contribution in [0.15, 0.2) is 18.2 Å². The molecule has 0 fully saturated rings. The van der Waals surface area contributed by atoms with Crippen LogP contribution in [0, 0.1) is 0 Å². The summed E-state index contributed by atoms with van der Waals surface area (Å²) < 4.78 is 0. The first-order valence-electron chi connectivity index (χ1n) is 5.78. The van der Waals surface area contributed by atoms with Gasteiger partial charge >= 0.3 is 0 Å². The van der Waals surface area contributed by atoms with Crippen molar-refractivity contribution in [1.82, 2.24) is 0 Å². The molecular weight excluding hydrogens is 200 g/mol. The number of anilines is 2. The molecule has 1 N–H and O–H groups in total. The Morgan fingerprint density at radius 3 is 2.94 bits per heavy atom. The number of para-hydroxylation sites is 1. The number of benzene rings is 1. The Morgan fingerprint density at radius 1 is 1.50 bits per heavy atom. The van der Waals surface area contributed by atoms with Gasteiger partial charge in [0, 0.05) is 19.5 Å². The van der Waals surface area contributed by atoms with E-state index in [2.05, 4.69) is 18.3 Å². The van der Waals surface area contributed by atoms with Gasteiger partial charge in [-0.05, 0) is 25.0 Å². The zero-order valence-electron chi connectivity index (χ0n) is 10.1. The maximum Gasteiger partial charge on any atom is 0.228 e. The highest BCUT2D eigenvalue weighted by molar-refractivity contribution is 5.98. The van der Waals surface area contributed by atoms with E-state index >= 15 is 0 Å². The lowest BCUT2D eigenvalue weighted by Crippen LogP contribution is -2.27. The molecule has 1 unspecified atom stereocenters. The van der Waals surface area contributed by atoms with Crippen LogP contribution in [-0.4, -0.2) is 19.0 Å². The molecule has 0 bridgehead atoms. The van der Waals surface area contributed by atoms with Crippen LogP contribution < -0.4 is 10.2 Å². The van der Waals surface area contributed by atoms with Crippen LogP contribution in [0.4, 0.5) is 11.4 Å². The second kappa shape index (κ2) is 4.16. The van der Waals surface area contributed by atoms with Crippen LogP contribution in [0.1, 0.15) is 25.8 Å². The Hall–Kier alpha value is -1.51. The van der Waals surface area contributed by atoms with E-state index in [9.17, 15) is 4.79 Å². The molecule has 3 heteroatoms. The number of nitrogens with zero attached hydrogens (tertiary/aromatic N) is 1. The predicted molar refractivity (Wildman–Crippen MR) is 66.9 cm³/mol. The fourth-order valence-electron chi connectivity index (χ4n) is 2.16.